The molecule has 1 aliphatic heterocycles. The number of likely N-dealkylation sites (N-methyl/N-ethyl adjacent to an activating group) is 1. The summed E-state index contributed by atoms with van der Waals surface area (Å²) in [7, 11) is 1.48. The monoisotopic (exact) mass is 559 g/mol. The second kappa shape index (κ2) is 8.29. The number of halogens is 3. The highest BCUT2D eigenvalue weighted by Gasteiger charge is 2.31. The van der Waals surface area contributed by atoms with Crippen molar-refractivity contribution in [3.63, 3.8) is 0 Å². The Morgan fingerprint density at radius 1 is 1.08 bits per heavy atom. The van der Waals surface area contributed by atoms with Crippen LogP contribution in [0.4, 0.5) is 4.79 Å². The minimum atomic E-state index is -0.289. The molecule has 1 aliphatic rings. The molecule has 0 aromatic heterocycles. The Bertz CT molecular complexity index is 889. The van der Waals surface area contributed by atoms with E-state index in [9.17, 15) is 9.59 Å². The summed E-state index contributed by atoms with van der Waals surface area (Å²) in [5.74, 6) is 0.386. The first-order valence-electron chi connectivity index (χ1n) is 7.43. The average Bonchev–Trinajstić information content (AvgIpc) is 2.83. The van der Waals surface area contributed by atoms with Gasteiger partial charge in [-0.2, -0.15) is 0 Å². The maximum Gasteiger partial charge on any atom is 0.293 e. The van der Waals surface area contributed by atoms with E-state index in [4.69, 9.17) is 4.74 Å². The first-order valence-corrected chi connectivity index (χ1v) is 10.6. The summed E-state index contributed by atoms with van der Waals surface area (Å²) in [5.41, 5.74) is 1.84. The molecular weight excluding hydrogens is 550 g/mol. The zero-order valence-electron chi connectivity index (χ0n) is 13.5. The van der Waals surface area contributed by atoms with Crippen molar-refractivity contribution in [1.82, 2.24) is 4.90 Å². The van der Waals surface area contributed by atoms with Crippen molar-refractivity contribution in [2.45, 2.75) is 6.61 Å². The molecule has 0 unspecified atom stereocenters. The molecular formula is C18H12Br3NO3S. The van der Waals surface area contributed by atoms with Gasteiger partial charge in [-0.25, -0.2) is 0 Å². The highest BCUT2D eigenvalue weighted by molar-refractivity contribution is 9.11. The molecule has 8 heteroatoms. The summed E-state index contributed by atoms with van der Waals surface area (Å²) < 4.78 is 8.44. The highest BCUT2D eigenvalue weighted by Crippen LogP contribution is 2.37. The van der Waals surface area contributed by atoms with Crippen LogP contribution in [0.15, 0.2) is 54.7 Å². The van der Waals surface area contributed by atoms with Gasteiger partial charge in [0, 0.05) is 11.5 Å². The Kier molecular flexibility index (Phi) is 6.27. The van der Waals surface area contributed by atoms with E-state index in [1.165, 1.54) is 7.05 Å². The molecule has 0 aliphatic carbocycles. The van der Waals surface area contributed by atoms with Crippen LogP contribution in [0, 0.1) is 0 Å². The van der Waals surface area contributed by atoms with Crippen molar-refractivity contribution >= 4 is 76.8 Å². The number of imide groups is 1. The first-order chi connectivity index (χ1) is 12.3. The summed E-state index contributed by atoms with van der Waals surface area (Å²) in [6.45, 7) is 0.429. The topological polar surface area (TPSA) is 46.6 Å². The Morgan fingerprint density at radius 3 is 2.23 bits per heavy atom. The van der Waals surface area contributed by atoms with Gasteiger partial charge in [-0.3, -0.25) is 14.5 Å². The fourth-order valence-electron chi connectivity index (χ4n) is 2.23. The van der Waals surface area contributed by atoms with Crippen molar-refractivity contribution in [2.24, 2.45) is 0 Å². The van der Waals surface area contributed by atoms with E-state index in [0.717, 1.165) is 41.2 Å². The van der Waals surface area contributed by atoms with Crippen LogP contribution in [0.2, 0.25) is 0 Å². The van der Waals surface area contributed by atoms with Gasteiger partial charge in [-0.15, -0.1) is 0 Å². The highest BCUT2D eigenvalue weighted by atomic mass is 79.9. The zero-order valence-corrected chi connectivity index (χ0v) is 19.0. The number of ether oxygens (including phenoxy) is 1. The van der Waals surface area contributed by atoms with Crippen LogP contribution < -0.4 is 4.74 Å². The third kappa shape index (κ3) is 4.42. The maximum atomic E-state index is 12.0. The van der Waals surface area contributed by atoms with Gasteiger partial charge in [-0.1, -0.05) is 28.1 Å². The molecule has 0 atom stereocenters. The number of hydrogen-bond acceptors (Lipinski definition) is 4. The Labute approximate surface area is 180 Å². The average molecular weight is 562 g/mol. The lowest BCUT2D eigenvalue weighted by molar-refractivity contribution is -0.121. The molecule has 1 fully saturated rings. The summed E-state index contributed by atoms with van der Waals surface area (Å²) >= 11 is 11.4. The molecule has 2 amide bonds. The van der Waals surface area contributed by atoms with Gasteiger partial charge >= 0.3 is 0 Å². The number of hydrogen-bond donors (Lipinski definition) is 0. The standard InChI is InChI=1S/C18H12Br3NO3S/c1-22-17(23)15(26-18(22)24)8-11-6-13(20)16(14(21)7-11)25-9-10-2-4-12(19)5-3-10/h2-8H,9H2,1H3/b15-8-. The van der Waals surface area contributed by atoms with Crippen LogP contribution in [-0.4, -0.2) is 23.1 Å². The molecule has 0 N–H and O–H groups in total. The molecule has 2 aromatic rings. The second-order valence-electron chi connectivity index (χ2n) is 5.47. The summed E-state index contributed by atoms with van der Waals surface area (Å²) in [5, 5.41) is -0.270. The number of nitrogens with zero attached hydrogens (tertiary/aromatic N) is 1. The van der Waals surface area contributed by atoms with E-state index >= 15 is 0 Å². The second-order valence-corrected chi connectivity index (χ2v) is 9.09. The number of carbonyl (C=O) groups excluding carboxylic acids is 2. The fraction of sp³-hybridized carbons (Fsp3) is 0.111. The number of amides is 2. The summed E-state index contributed by atoms with van der Waals surface area (Å²) in [6, 6.07) is 11.6. The van der Waals surface area contributed by atoms with E-state index in [2.05, 4.69) is 47.8 Å². The molecule has 134 valence electrons. The third-order valence-corrected chi connectivity index (χ3v) is 6.27. The van der Waals surface area contributed by atoms with Gasteiger partial charge in [0.2, 0.25) is 0 Å². The quantitative estimate of drug-likeness (QED) is 0.416. The summed E-state index contributed by atoms with van der Waals surface area (Å²) in [4.78, 5) is 25.1. The predicted octanol–water partition coefficient (Wildman–Crippen LogP) is 6.22. The van der Waals surface area contributed by atoms with Gasteiger partial charge in [0.15, 0.2) is 0 Å². The van der Waals surface area contributed by atoms with Crippen molar-refractivity contribution in [3.05, 3.63) is 65.8 Å². The van der Waals surface area contributed by atoms with Crippen molar-refractivity contribution in [1.29, 1.82) is 0 Å². The van der Waals surface area contributed by atoms with E-state index in [1.54, 1.807) is 6.08 Å². The Morgan fingerprint density at radius 2 is 1.69 bits per heavy atom. The Hall–Kier alpha value is -1.09. The molecule has 0 spiro atoms. The molecule has 1 saturated heterocycles. The molecule has 3 rings (SSSR count). The minimum Gasteiger partial charge on any atom is -0.487 e. The molecule has 4 nitrogen and oxygen atoms in total. The van der Waals surface area contributed by atoms with Gasteiger partial charge < -0.3 is 4.74 Å². The van der Waals surface area contributed by atoms with Gasteiger partial charge in [0.05, 0.1) is 13.9 Å². The lowest BCUT2D eigenvalue weighted by atomic mass is 10.2. The lowest BCUT2D eigenvalue weighted by Gasteiger charge is -2.12. The van der Waals surface area contributed by atoms with Crippen molar-refractivity contribution < 1.29 is 14.3 Å². The van der Waals surface area contributed by atoms with Gasteiger partial charge in [-0.05, 0) is 85.1 Å². The van der Waals surface area contributed by atoms with E-state index in [-0.39, 0.29) is 11.1 Å². The molecule has 0 radical (unpaired) electrons. The van der Waals surface area contributed by atoms with Crippen LogP contribution in [0.1, 0.15) is 11.1 Å². The molecule has 0 bridgehead atoms. The largest absolute Gasteiger partial charge is 0.487 e. The molecule has 2 aromatic carbocycles. The summed E-state index contributed by atoms with van der Waals surface area (Å²) in [6.07, 6.45) is 1.70. The molecule has 1 heterocycles. The van der Waals surface area contributed by atoms with Crippen molar-refractivity contribution in [3.8, 4) is 5.75 Å². The lowest BCUT2D eigenvalue weighted by Crippen LogP contribution is -2.22. The number of rotatable bonds is 4. The van der Waals surface area contributed by atoms with E-state index in [0.29, 0.717) is 17.3 Å². The number of carbonyl (C=O) groups is 2. The normalized spacial score (nSPS) is 15.8. The smallest absolute Gasteiger partial charge is 0.293 e. The third-order valence-electron chi connectivity index (χ3n) is 3.60. The fourth-order valence-corrected chi connectivity index (χ4v) is 4.78. The van der Waals surface area contributed by atoms with Crippen LogP contribution in [0.3, 0.4) is 0 Å². The minimum absolute atomic E-state index is 0.270. The van der Waals surface area contributed by atoms with E-state index < -0.39 is 0 Å². The first kappa shape index (κ1) is 19.7. The van der Waals surface area contributed by atoms with Crippen LogP contribution >= 0.6 is 59.6 Å². The SMILES string of the molecule is CN1C(=O)S/C(=C\c2cc(Br)c(OCc3ccc(Br)cc3)c(Br)c2)C1=O. The van der Waals surface area contributed by atoms with Crippen LogP contribution in [0.5, 0.6) is 5.75 Å². The van der Waals surface area contributed by atoms with Gasteiger partial charge in [0.1, 0.15) is 12.4 Å². The van der Waals surface area contributed by atoms with Crippen molar-refractivity contribution in [2.75, 3.05) is 7.05 Å². The van der Waals surface area contributed by atoms with Crippen LogP contribution in [0.25, 0.3) is 6.08 Å². The van der Waals surface area contributed by atoms with Gasteiger partial charge in [0.25, 0.3) is 11.1 Å². The molecule has 0 saturated carbocycles. The number of thioether (sulfide) groups is 1. The number of benzene rings is 2. The maximum absolute atomic E-state index is 12.0. The van der Waals surface area contributed by atoms with E-state index in [1.807, 2.05) is 36.4 Å². The Balaban J connectivity index is 1.79. The van der Waals surface area contributed by atoms with Crippen LogP contribution in [-0.2, 0) is 11.4 Å². The zero-order chi connectivity index (χ0) is 18.8. The molecule has 26 heavy (non-hydrogen) atoms. The predicted molar refractivity (Wildman–Crippen MR) is 114 cm³/mol.